The van der Waals surface area contributed by atoms with E-state index in [-0.39, 0.29) is 0 Å². The number of hydrogen-bond acceptors (Lipinski definition) is 0. The zero-order chi connectivity index (χ0) is 8.36. The Morgan fingerprint density at radius 1 is 0.818 bits per heavy atom. The second-order valence-electron chi connectivity index (χ2n) is 2.44. The fraction of sp³-hybridized carbons (Fsp3) is 0.455. The van der Waals surface area contributed by atoms with Crippen LogP contribution in [-0.4, -0.2) is 0 Å². The highest BCUT2D eigenvalue weighted by Crippen LogP contribution is 1.89. The maximum absolute atomic E-state index is 2.19. The van der Waals surface area contributed by atoms with Gasteiger partial charge in [0.15, 0.2) is 0 Å². The van der Waals surface area contributed by atoms with Gasteiger partial charge < -0.3 is 0 Å². The van der Waals surface area contributed by atoms with Crippen molar-refractivity contribution in [3.8, 4) is 0 Å². The molecule has 0 saturated heterocycles. The molecule has 0 aromatic carbocycles. The van der Waals surface area contributed by atoms with Gasteiger partial charge in [-0.25, -0.2) is 0 Å². The Hall–Kier alpha value is -0.780. The standard InChI is InChI=1S/C11H18/c1-3-5-7-9-11-10-8-6-4-2/h5,7-11H,3-4,6H2,1-2H3. The van der Waals surface area contributed by atoms with Gasteiger partial charge >= 0.3 is 0 Å². The van der Waals surface area contributed by atoms with Crippen LogP contribution in [0.15, 0.2) is 36.5 Å². The third kappa shape index (κ3) is 9.22. The third-order valence-electron chi connectivity index (χ3n) is 1.30. The number of allylic oxidation sites excluding steroid dienone is 6. The summed E-state index contributed by atoms with van der Waals surface area (Å²) in [6, 6.07) is 0. The van der Waals surface area contributed by atoms with Crippen molar-refractivity contribution >= 4 is 0 Å². The molecule has 0 amide bonds. The number of rotatable bonds is 5. The molecule has 0 atom stereocenters. The Kier molecular flexibility index (Phi) is 8.57. The SMILES string of the molecule is CCC=CC=CC=CCCC. The van der Waals surface area contributed by atoms with Crippen LogP contribution in [0.5, 0.6) is 0 Å². The molecule has 0 aromatic rings. The molecule has 0 radical (unpaired) electrons. The number of unbranched alkanes of at least 4 members (excludes halogenated alkanes) is 1. The summed E-state index contributed by atoms with van der Waals surface area (Å²) in [5.74, 6) is 0. The van der Waals surface area contributed by atoms with Gasteiger partial charge in [0.05, 0.1) is 0 Å². The molecule has 0 N–H and O–H groups in total. The van der Waals surface area contributed by atoms with Crippen LogP contribution in [-0.2, 0) is 0 Å². The molecule has 11 heavy (non-hydrogen) atoms. The molecule has 0 fully saturated rings. The van der Waals surface area contributed by atoms with E-state index in [1.165, 1.54) is 12.8 Å². The second kappa shape index (κ2) is 9.22. The van der Waals surface area contributed by atoms with E-state index in [0.29, 0.717) is 0 Å². The maximum Gasteiger partial charge on any atom is -0.0350 e. The molecule has 0 rings (SSSR count). The maximum atomic E-state index is 2.19. The average Bonchev–Trinajstić information content (AvgIpc) is 2.03. The minimum atomic E-state index is 1.11. The monoisotopic (exact) mass is 150 g/mol. The molecule has 0 heteroatoms. The van der Waals surface area contributed by atoms with Gasteiger partial charge in [-0.3, -0.25) is 0 Å². The Labute approximate surface area is 70.3 Å². The highest BCUT2D eigenvalue weighted by atomic mass is 13.7. The largest absolute Gasteiger partial charge is 0.0848 e. The van der Waals surface area contributed by atoms with Gasteiger partial charge in [0.1, 0.15) is 0 Å². The van der Waals surface area contributed by atoms with Crippen molar-refractivity contribution in [1.29, 1.82) is 0 Å². The van der Waals surface area contributed by atoms with Crippen molar-refractivity contribution in [2.24, 2.45) is 0 Å². The van der Waals surface area contributed by atoms with Gasteiger partial charge in [-0.1, -0.05) is 56.7 Å². The van der Waals surface area contributed by atoms with Crippen LogP contribution in [0.2, 0.25) is 0 Å². The van der Waals surface area contributed by atoms with E-state index in [1.807, 2.05) is 0 Å². The summed E-state index contributed by atoms with van der Waals surface area (Å²) in [6.45, 7) is 4.32. The van der Waals surface area contributed by atoms with Crippen LogP contribution in [0.3, 0.4) is 0 Å². The predicted octanol–water partition coefficient (Wildman–Crippen LogP) is 3.87. The van der Waals surface area contributed by atoms with E-state index in [9.17, 15) is 0 Å². The molecule has 0 aliphatic heterocycles. The first-order valence-corrected chi connectivity index (χ1v) is 4.40. The number of hydrogen-bond donors (Lipinski definition) is 0. The predicted molar refractivity (Wildman–Crippen MR) is 52.6 cm³/mol. The van der Waals surface area contributed by atoms with Crippen molar-refractivity contribution in [3.63, 3.8) is 0 Å². The molecule has 0 aliphatic rings. The van der Waals surface area contributed by atoms with Crippen molar-refractivity contribution < 1.29 is 0 Å². The van der Waals surface area contributed by atoms with E-state index in [2.05, 4.69) is 50.3 Å². The lowest BCUT2D eigenvalue weighted by Gasteiger charge is -1.79. The Bertz CT molecular complexity index is 138. The van der Waals surface area contributed by atoms with Gasteiger partial charge in [-0.05, 0) is 12.8 Å². The molecular weight excluding hydrogens is 132 g/mol. The first-order chi connectivity index (χ1) is 5.41. The van der Waals surface area contributed by atoms with Crippen LogP contribution >= 0.6 is 0 Å². The molecule has 0 saturated carbocycles. The molecule has 62 valence electrons. The fourth-order valence-corrected chi connectivity index (χ4v) is 0.684. The van der Waals surface area contributed by atoms with Crippen LogP contribution < -0.4 is 0 Å². The molecule has 0 nitrogen and oxygen atoms in total. The van der Waals surface area contributed by atoms with Crippen molar-refractivity contribution in [3.05, 3.63) is 36.5 Å². The van der Waals surface area contributed by atoms with Crippen molar-refractivity contribution in [2.75, 3.05) is 0 Å². The van der Waals surface area contributed by atoms with Crippen LogP contribution in [0.25, 0.3) is 0 Å². The topological polar surface area (TPSA) is 0 Å². The van der Waals surface area contributed by atoms with E-state index in [4.69, 9.17) is 0 Å². The summed E-state index contributed by atoms with van der Waals surface area (Å²) in [5, 5.41) is 0. The van der Waals surface area contributed by atoms with Gasteiger partial charge in [0, 0.05) is 0 Å². The fourth-order valence-electron chi connectivity index (χ4n) is 0.684. The van der Waals surface area contributed by atoms with Gasteiger partial charge in [-0.2, -0.15) is 0 Å². The smallest absolute Gasteiger partial charge is 0.0350 e. The summed E-state index contributed by atoms with van der Waals surface area (Å²) < 4.78 is 0. The first-order valence-electron chi connectivity index (χ1n) is 4.40. The molecule has 0 unspecified atom stereocenters. The van der Waals surface area contributed by atoms with Crippen molar-refractivity contribution in [1.82, 2.24) is 0 Å². The highest BCUT2D eigenvalue weighted by Gasteiger charge is 1.68. The lowest BCUT2D eigenvalue weighted by Crippen LogP contribution is -1.58. The molecule has 0 aliphatic carbocycles. The summed E-state index contributed by atoms with van der Waals surface area (Å²) in [4.78, 5) is 0. The lowest BCUT2D eigenvalue weighted by atomic mass is 10.3. The summed E-state index contributed by atoms with van der Waals surface area (Å²) >= 11 is 0. The highest BCUT2D eigenvalue weighted by molar-refractivity contribution is 5.10. The third-order valence-corrected chi connectivity index (χ3v) is 1.30. The average molecular weight is 150 g/mol. The molecule has 0 spiro atoms. The lowest BCUT2D eigenvalue weighted by molar-refractivity contribution is 0.959. The zero-order valence-electron chi connectivity index (χ0n) is 7.59. The zero-order valence-corrected chi connectivity index (χ0v) is 7.59. The minimum absolute atomic E-state index is 1.11. The van der Waals surface area contributed by atoms with Crippen LogP contribution in [0.1, 0.15) is 33.1 Å². The van der Waals surface area contributed by atoms with E-state index < -0.39 is 0 Å². The molecular formula is C11H18. The van der Waals surface area contributed by atoms with Gasteiger partial charge in [0.25, 0.3) is 0 Å². The van der Waals surface area contributed by atoms with E-state index in [0.717, 1.165) is 6.42 Å². The van der Waals surface area contributed by atoms with Gasteiger partial charge in [0.2, 0.25) is 0 Å². The molecule has 0 aromatic heterocycles. The Morgan fingerprint density at radius 3 is 2.00 bits per heavy atom. The first kappa shape index (κ1) is 10.2. The van der Waals surface area contributed by atoms with E-state index >= 15 is 0 Å². The second-order valence-corrected chi connectivity index (χ2v) is 2.44. The Balaban J connectivity index is 3.35. The quantitative estimate of drug-likeness (QED) is 0.522. The van der Waals surface area contributed by atoms with E-state index in [1.54, 1.807) is 0 Å². The summed E-state index contributed by atoms with van der Waals surface area (Å²) in [5.41, 5.74) is 0. The summed E-state index contributed by atoms with van der Waals surface area (Å²) in [6.07, 6.45) is 16.2. The van der Waals surface area contributed by atoms with Crippen LogP contribution in [0.4, 0.5) is 0 Å². The Morgan fingerprint density at radius 2 is 1.45 bits per heavy atom. The normalized spacial score (nSPS) is 12.5. The molecule has 0 heterocycles. The van der Waals surface area contributed by atoms with Crippen LogP contribution in [0, 0.1) is 0 Å². The van der Waals surface area contributed by atoms with Crippen molar-refractivity contribution in [2.45, 2.75) is 33.1 Å². The molecule has 0 bridgehead atoms. The van der Waals surface area contributed by atoms with Gasteiger partial charge in [-0.15, -0.1) is 0 Å². The minimum Gasteiger partial charge on any atom is -0.0848 e. The summed E-state index contributed by atoms with van der Waals surface area (Å²) in [7, 11) is 0.